The van der Waals surface area contributed by atoms with Crippen molar-refractivity contribution in [3.8, 4) is 0 Å². The maximum absolute atomic E-state index is 5.72. The maximum atomic E-state index is 5.72. The van der Waals surface area contributed by atoms with Gasteiger partial charge in [-0.1, -0.05) is 82.3 Å². The van der Waals surface area contributed by atoms with Crippen LogP contribution in [-0.4, -0.2) is 13.5 Å². The molecular weight excluding hydrogens is 335 g/mol. The molecule has 0 amide bonds. The van der Waals surface area contributed by atoms with Crippen LogP contribution in [0.3, 0.4) is 0 Å². The number of rotatable bonds is 5. The van der Waals surface area contributed by atoms with Gasteiger partial charge >= 0.3 is 0 Å². The molecule has 0 saturated carbocycles. The molecule has 2 heteroatoms. The van der Waals surface area contributed by atoms with Crippen LogP contribution < -0.4 is 15.9 Å². The van der Waals surface area contributed by atoms with Gasteiger partial charge in [-0.05, 0) is 36.4 Å². The molecule has 0 fully saturated rings. The van der Waals surface area contributed by atoms with Crippen molar-refractivity contribution in [2.45, 2.75) is 27.7 Å². The first kappa shape index (κ1) is 22.1. The van der Waals surface area contributed by atoms with E-state index in [2.05, 4.69) is 91.0 Å². The van der Waals surface area contributed by atoms with Gasteiger partial charge in [-0.3, -0.25) is 0 Å². The highest BCUT2D eigenvalue weighted by Crippen LogP contribution is 2.54. The number of methoxy groups -OCH3 is 1. The topological polar surface area (TPSA) is 9.23 Å². The van der Waals surface area contributed by atoms with Gasteiger partial charge in [0.2, 0.25) is 0 Å². The van der Waals surface area contributed by atoms with Crippen molar-refractivity contribution in [3.63, 3.8) is 0 Å². The second-order valence-corrected chi connectivity index (χ2v) is 8.66. The van der Waals surface area contributed by atoms with E-state index in [1.807, 2.05) is 27.7 Å². The summed E-state index contributed by atoms with van der Waals surface area (Å²) in [7, 11) is 0.0197. The van der Waals surface area contributed by atoms with E-state index >= 15 is 0 Å². The predicted molar refractivity (Wildman–Crippen MR) is 120 cm³/mol. The third-order valence-electron chi connectivity index (χ3n) is 3.91. The van der Waals surface area contributed by atoms with Crippen molar-refractivity contribution in [2.24, 2.45) is 0 Å². The second kappa shape index (κ2) is 12.4. The highest BCUT2D eigenvalue weighted by atomic mass is 31.2. The summed E-state index contributed by atoms with van der Waals surface area (Å²) in [6, 6.07) is 32.3. The van der Waals surface area contributed by atoms with E-state index in [4.69, 9.17) is 4.74 Å². The van der Waals surface area contributed by atoms with Crippen LogP contribution in [-0.2, 0) is 4.74 Å². The number of benzene rings is 3. The van der Waals surface area contributed by atoms with Gasteiger partial charge in [0.1, 0.15) is 23.2 Å². The van der Waals surface area contributed by atoms with Crippen molar-refractivity contribution in [2.75, 3.05) is 13.5 Å². The standard InChI is InChI=1S/C20H20OP.2C2H6/c1-21-17-22(18-11-5-2-6-12-18,19-13-7-3-8-14-19)20-15-9-4-10-16-20;2*1-2/h2-16H,17H2,1H3;2*1-2H3/q+1;;. The molecule has 0 atom stereocenters. The van der Waals surface area contributed by atoms with Gasteiger partial charge in [-0.15, -0.1) is 0 Å². The summed E-state index contributed by atoms with van der Waals surface area (Å²) >= 11 is 0. The SMILES string of the molecule is CC.CC.COC[P+](c1ccccc1)(c1ccccc1)c1ccccc1. The van der Waals surface area contributed by atoms with Crippen LogP contribution in [0.5, 0.6) is 0 Å². The molecule has 0 aliphatic carbocycles. The molecule has 3 aromatic rings. The Balaban J connectivity index is 0.000000791. The van der Waals surface area contributed by atoms with Crippen molar-refractivity contribution in [1.29, 1.82) is 0 Å². The summed E-state index contributed by atoms with van der Waals surface area (Å²) in [6.07, 6.45) is 0.713. The molecule has 0 heterocycles. The van der Waals surface area contributed by atoms with Crippen LogP contribution >= 0.6 is 7.26 Å². The minimum absolute atomic E-state index is 0.713. The van der Waals surface area contributed by atoms with E-state index in [9.17, 15) is 0 Å². The van der Waals surface area contributed by atoms with E-state index in [1.54, 1.807) is 7.11 Å². The molecule has 1 nitrogen and oxygen atoms in total. The molecule has 0 aliphatic rings. The first-order valence-electron chi connectivity index (χ1n) is 9.42. The molecule has 0 radical (unpaired) electrons. The minimum Gasteiger partial charge on any atom is -0.348 e. The molecule has 0 unspecified atom stereocenters. The van der Waals surface area contributed by atoms with Crippen LogP contribution in [0, 0.1) is 0 Å². The van der Waals surface area contributed by atoms with E-state index < -0.39 is 7.26 Å². The summed E-state index contributed by atoms with van der Waals surface area (Å²) in [5.74, 6) is 0. The maximum Gasteiger partial charge on any atom is 0.170 e. The Labute approximate surface area is 160 Å². The molecule has 26 heavy (non-hydrogen) atoms. The van der Waals surface area contributed by atoms with Crippen LogP contribution in [0.1, 0.15) is 27.7 Å². The Bertz CT molecular complexity index is 599. The fraction of sp³-hybridized carbons (Fsp3) is 0.250. The molecule has 0 saturated heterocycles. The first-order valence-corrected chi connectivity index (χ1v) is 11.4. The van der Waals surface area contributed by atoms with E-state index in [1.165, 1.54) is 15.9 Å². The molecule has 3 rings (SSSR count). The highest BCUT2D eigenvalue weighted by Gasteiger charge is 2.45. The summed E-state index contributed by atoms with van der Waals surface area (Å²) in [5, 5.41) is 4.07. The molecule has 0 N–H and O–H groups in total. The Morgan fingerprint density at radius 2 is 0.808 bits per heavy atom. The van der Waals surface area contributed by atoms with Crippen LogP contribution in [0.2, 0.25) is 0 Å². The molecule has 0 spiro atoms. The lowest BCUT2D eigenvalue weighted by molar-refractivity contribution is 0.255. The largest absolute Gasteiger partial charge is 0.348 e. The quantitative estimate of drug-likeness (QED) is 0.531. The fourth-order valence-corrected chi connectivity index (χ4v) is 6.68. The number of hydrogen-bond acceptors (Lipinski definition) is 1. The second-order valence-electron chi connectivity index (χ2n) is 5.23. The minimum atomic E-state index is -1.78. The van der Waals surface area contributed by atoms with Crippen LogP contribution in [0.4, 0.5) is 0 Å². The number of ether oxygens (including phenoxy) is 1. The van der Waals surface area contributed by atoms with Crippen molar-refractivity contribution < 1.29 is 4.74 Å². The third-order valence-corrected chi connectivity index (χ3v) is 8.10. The van der Waals surface area contributed by atoms with Gasteiger partial charge in [0.05, 0.1) is 0 Å². The lowest BCUT2D eigenvalue weighted by Crippen LogP contribution is -2.33. The summed E-state index contributed by atoms with van der Waals surface area (Å²) in [6.45, 7) is 8.00. The van der Waals surface area contributed by atoms with Crippen molar-refractivity contribution >= 4 is 23.2 Å². The van der Waals surface area contributed by atoms with Gasteiger partial charge in [0.15, 0.2) is 6.35 Å². The lowest BCUT2D eigenvalue weighted by atomic mass is 10.4. The fourth-order valence-electron chi connectivity index (χ4n) is 2.91. The zero-order valence-corrected chi connectivity index (χ0v) is 17.6. The lowest BCUT2D eigenvalue weighted by Gasteiger charge is -2.26. The summed E-state index contributed by atoms with van der Waals surface area (Å²) in [4.78, 5) is 0. The monoisotopic (exact) mass is 367 g/mol. The first-order chi connectivity index (χ1) is 12.9. The van der Waals surface area contributed by atoms with Crippen LogP contribution in [0.25, 0.3) is 0 Å². The van der Waals surface area contributed by atoms with E-state index in [0.29, 0.717) is 6.35 Å². The summed E-state index contributed by atoms with van der Waals surface area (Å²) < 4.78 is 5.72. The number of hydrogen-bond donors (Lipinski definition) is 0. The Hall–Kier alpha value is -1.95. The average Bonchev–Trinajstić information content (AvgIpc) is 2.77. The average molecular weight is 367 g/mol. The Kier molecular flexibility index (Phi) is 10.5. The Morgan fingerprint density at radius 1 is 0.538 bits per heavy atom. The summed E-state index contributed by atoms with van der Waals surface area (Å²) in [5.41, 5.74) is 0. The highest BCUT2D eigenvalue weighted by molar-refractivity contribution is 7.95. The molecule has 3 aromatic carbocycles. The van der Waals surface area contributed by atoms with Crippen LogP contribution in [0.15, 0.2) is 91.0 Å². The smallest absolute Gasteiger partial charge is 0.170 e. The van der Waals surface area contributed by atoms with Gasteiger partial charge in [-0.25, -0.2) is 0 Å². The van der Waals surface area contributed by atoms with E-state index in [-0.39, 0.29) is 0 Å². The molecule has 0 bridgehead atoms. The van der Waals surface area contributed by atoms with Gasteiger partial charge in [-0.2, -0.15) is 0 Å². The zero-order chi connectivity index (χ0) is 19.3. The third kappa shape index (κ3) is 5.04. The zero-order valence-electron chi connectivity index (χ0n) is 16.7. The van der Waals surface area contributed by atoms with Gasteiger partial charge in [0, 0.05) is 7.11 Å². The van der Waals surface area contributed by atoms with Gasteiger partial charge in [0.25, 0.3) is 0 Å². The normalized spacial score (nSPS) is 10.0. The molecule has 138 valence electrons. The molecule has 0 aromatic heterocycles. The van der Waals surface area contributed by atoms with Crippen molar-refractivity contribution in [3.05, 3.63) is 91.0 Å². The van der Waals surface area contributed by atoms with Gasteiger partial charge < -0.3 is 4.74 Å². The molecule has 0 aliphatic heterocycles. The Morgan fingerprint density at radius 3 is 1.04 bits per heavy atom. The van der Waals surface area contributed by atoms with E-state index in [0.717, 1.165) is 0 Å². The van der Waals surface area contributed by atoms with Crippen molar-refractivity contribution in [1.82, 2.24) is 0 Å². The molecular formula is C24H32OP+. The predicted octanol–water partition coefficient (Wildman–Crippen LogP) is 5.64.